The Bertz CT molecular complexity index is 573. The van der Waals surface area contributed by atoms with Crippen molar-refractivity contribution in [2.24, 2.45) is 0 Å². The van der Waals surface area contributed by atoms with Crippen LogP contribution >= 0.6 is 0 Å². The van der Waals surface area contributed by atoms with Crippen LogP contribution in [0.4, 0.5) is 0 Å². The molecule has 4 nitrogen and oxygen atoms in total. The number of amides is 1. The van der Waals surface area contributed by atoms with E-state index < -0.39 is 9.84 Å². The average Bonchev–Trinajstić information content (AvgIpc) is 2.34. The summed E-state index contributed by atoms with van der Waals surface area (Å²) in [5.41, 5.74) is 1.39. The summed E-state index contributed by atoms with van der Waals surface area (Å²) in [4.78, 5) is 14.1. The van der Waals surface area contributed by atoms with Gasteiger partial charge in [0.15, 0.2) is 9.84 Å². The number of rotatable bonds is 5. The Morgan fingerprint density at radius 2 is 1.79 bits per heavy atom. The molecule has 1 aromatic carbocycles. The highest BCUT2D eigenvalue weighted by Crippen LogP contribution is 2.12. The van der Waals surface area contributed by atoms with E-state index in [0.717, 1.165) is 11.8 Å². The van der Waals surface area contributed by atoms with Crippen LogP contribution in [0.3, 0.4) is 0 Å². The number of likely N-dealkylation sites (N-methyl/N-ethyl adjacent to an activating group) is 1. The molecule has 19 heavy (non-hydrogen) atoms. The van der Waals surface area contributed by atoms with E-state index in [2.05, 4.69) is 6.58 Å². The summed E-state index contributed by atoms with van der Waals surface area (Å²) < 4.78 is 22.7. The van der Waals surface area contributed by atoms with Crippen molar-refractivity contribution in [2.75, 3.05) is 19.3 Å². The molecule has 1 amide bonds. The Balaban J connectivity index is 2.97. The SMILES string of the molecule is C=C(C)CN(CC)C(=O)c1ccc(S(C)(=O)=O)cc1. The zero-order valence-corrected chi connectivity index (χ0v) is 12.3. The number of sulfone groups is 1. The standard InChI is InChI=1S/C14H19NO3S/c1-5-15(10-11(2)3)14(16)12-6-8-13(9-7-12)19(4,17)18/h6-9H,2,5,10H2,1,3-4H3. The van der Waals surface area contributed by atoms with E-state index in [9.17, 15) is 13.2 Å². The van der Waals surface area contributed by atoms with Gasteiger partial charge in [-0.25, -0.2) is 8.42 Å². The predicted octanol–water partition coefficient (Wildman–Crippen LogP) is 2.13. The van der Waals surface area contributed by atoms with E-state index in [-0.39, 0.29) is 10.8 Å². The molecule has 104 valence electrons. The second-order valence-electron chi connectivity index (χ2n) is 4.57. The predicted molar refractivity (Wildman–Crippen MR) is 75.9 cm³/mol. The number of benzene rings is 1. The van der Waals surface area contributed by atoms with Gasteiger partial charge < -0.3 is 4.90 Å². The lowest BCUT2D eigenvalue weighted by Crippen LogP contribution is -2.32. The van der Waals surface area contributed by atoms with Gasteiger partial charge in [-0.05, 0) is 38.1 Å². The van der Waals surface area contributed by atoms with Gasteiger partial charge in [-0.15, -0.1) is 0 Å². The molecular weight excluding hydrogens is 262 g/mol. The molecule has 0 aliphatic carbocycles. The average molecular weight is 281 g/mol. The van der Waals surface area contributed by atoms with Crippen LogP contribution in [-0.4, -0.2) is 38.6 Å². The van der Waals surface area contributed by atoms with Gasteiger partial charge in [-0.2, -0.15) is 0 Å². The van der Waals surface area contributed by atoms with E-state index >= 15 is 0 Å². The van der Waals surface area contributed by atoms with Crippen LogP contribution in [-0.2, 0) is 9.84 Å². The summed E-state index contributed by atoms with van der Waals surface area (Å²) in [7, 11) is -3.23. The summed E-state index contributed by atoms with van der Waals surface area (Å²) in [6, 6.07) is 5.99. The Kier molecular flexibility index (Phi) is 4.89. The fourth-order valence-electron chi connectivity index (χ4n) is 1.68. The van der Waals surface area contributed by atoms with Crippen molar-refractivity contribution < 1.29 is 13.2 Å². The second kappa shape index (κ2) is 6.02. The summed E-state index contributed by atoms with van der Waals surface area (Å²) in [6.45, 7) is 8.64. The van der Waals surface area contributed by atoms with Crippen molar-refractivity contribution in [3.8, 4) is 0 Å². The molecule has 5 heteroatoms. The largest absolute Gasteiger partial charge is 0.335 e. The normalized spacial score (nSPS) is 11.1. The minimum atomic E-state index is -3.23. The number of carbonyl (C=O) groups excluding carboxylic acids is 1. The maximum Gasteiger partial charge on any atom is 0.254 e. The van der Waals surface area contributed by atoms with E-state index in [1.165, 1.54) is 12.1 Å². The molecule has 1 rings (SSSR count). The fraction of sp³-hybridized carbons (Fsp3) is 0.357. The third-order valence-corrected chi connectivity index (χ3v) is 3.79. The van der Waals surface area contributed by atoms with Gasteiger partial charge in [-0.3, -0.25) is 4.79 Å². The summed E-state index contributed by atoms with van der Waals surface area (Å²) in [5.74, 6) is -0.120. The van der Waals surface area contributed by atoms with E-state index in [1.807, 2.05) is 13.8 Å². The van der Waals surface area contributed by atoms with Gasteiger partial charge >= 0.3 is 0 Å². The van der Waals surface area contributed by atoms with E-state index in [1.54, 1.807) is 17.0 Å². The molecule has 0 N–H and O–H groups in total. The summed E-state index contributed by atoms with van der Waals surface area (Å²) >= 11 is 0. The molecule has 0 saturated heterocycles. The highest BCUT2D eigenvalue weighted by molar-refractivity contribution is 7.90. The summed E-state index contributed by atoms with van der Waals surface area (Å²) in [5, 5.41) is 0. The van der Waals surface area contributed by atoms with Gasteiger partial charge in [0.25, 0.3) is 5.91 Å². The third-order valence-electron chi connectivity index (χ3n) is 2.66. The molecule has 0 unspecified atom stereocenters. The Labute approximate surface area is 114 Å². The van der Waals surface area contributed by atoms with Crippen LogP contribution in [0.1, 0.15) is 24.2 Å². The molecule has 0 bridgehead atoms. The Morgan fingerprint density at radius 1 is 1.26 bits per heavy atom. The lowest BCUT2D eigenvalue weighted by molar-refractivity contribution is 0.0778. The number of carbonyl (C=O) groups is 1. The molecule has 0 fully saturated rings. The second-order valence-corrected chi connectivity index (χ2v) is 6.59. The van der Waals surface area contributed by atoms with Crippen LogP contribution in [0.5, 0.6) is 0 Å². The van der Waals surface area contributed by atoms with Gasteiger partial charge in [0.05, 0.1) is 4.90 Å². The van der Waals surface area contributed by atoms with E-state index in [0.29, 0.717) is 18.7 Å². The molecule has 0 radical (unpaired) electrons. The van der Waals surface area contributed by atoms with Crippen molar-refractivity contribution in [1.82, 2.24) is 4.90 Å². The van der Waals surface area contributed by atoms with Crippen LogP contribution in [0.25, 0.3) is 0 Å². The van der Waals surface area contributed by atoms with Crippen LogP contribution in [0.15, 0.2) is 41.3 Å². The maximum absolute atomic E-state index is 12.2. The minimum Gasteiger partial charge on any atom is -0.335 e. The zero-order chi connectivity index (χ0) is 14.6. The first-order valence-electron chi connectivity index (χ1n) is 5.99. The van der Waals surface area contributed by atoms with Crippen LogP contribution in [0, 0.1) is 0 Å². The smallest absolute Gasteiger partial charge is 0.254 e. The lowest BCUT2D eigenvalue weighted by atomic mass is 10.2. The Hall–Kier alpha value is -1.62. The molecule has 0 spiro atoms. The van der Waals surface area contributed by atoms with Gasteiger partial charge in [0.1, 0.15) is 0 Å². The molecule has 0 atom stereocenters. The van der Waals surface area contributed by atoms with Crippen molar-refractivity contribution in [3.63, 3.8) is 0 Å². The monoisotopic (exact) mass is 281 g/mol. The van der Waals surface area contributed by atoms with Crippen molar-refractivity contribution >= 4 is 15.7 Å². The molecule has 0 aliphatic heterocycles. The van der Waals surface area contributed by atoms with Crippen molar-refractivity contribution in [2.45, 2.75) is 18.7 Å². The maximum atomic E-state index is 12.2. The summed E-state index contributed by atoms with van der Waals surface area (Å²) in [6.07, 6.45) is 1.14. The van der Waals surface area contributed by atoms with E-state index in [4.69, 9.17) is 0 Å². The molecule has 0 heterocycles. The van der Waals surface area contributed by atoms with Crippen LogP contribution < -0.4 is 0 Å². The first-order chi connectivity index (χ1) is 8.75. The van der Waals surface area contributed by atoms with Gasteiger partial charge in [0.2, 0.25) is 0 Å². The first kappa shape index (κ1) is 15.4. The molecular formula is C14H19NO3S. The number of nitrogens with zero attached hydrogens (tertiary/aromatic N) is 1. The third kappa shape index (κ3) is 4.21. The molecule has 0 aliphatic rings. The highest BCUT2D eigenvalue weighted by atomic mass is 32.2. The number of hydrogen-bond acceptors (Lipinski definition) is 3. The topological polar surface area (TPSA) is 54.5 Å². The van der Waals surface area contributed by atoms with Crippen molar-refractivity contribution in [1.29, 1.82) is 0 Å². The van der Waals surface area contributed by atoms with Gasteiger partial charge in [-0.1, -0.05) is 12.2 Å². The zero-order valence-electron chi connectivity index (χ0n) is 11.5. The fourth-order valence-corrected chi connectivity index (χ4v) is 2.31. The molecule has 0 aromatic heterocycles. The van der Waals surface area contributed by atoms with Crippen molar-refractivity contribution in [3.05, 3.63) is 42.0 Å². The minimum absolute atomic E-state index is 0.120. The number of hydrogen-bond donors (Lipinski definition) is 0. The lowest BCUT2D eigenvalue weighted by Gasteiger charge is -2.21. The molecule has 1 aromatic rings. The van der Waals surface area contributed by atoms with Crippen LogP contribution in [0.2, 0.25) is 0 Å². The quantitative estimate of drug-likeness (QED) is 0.777. The highest BCUT2D eigenvalue weighted by Gasteiger charge is 2.15. The Morgan fingerprint density at radius 3 is 2.16 bits per heavy atom. The van der Waals surface area contributed by atoms with Gasteiger partial charge in [0, 0.05) is 24.9 Å². The first-order valence-corrected chi connectivity index (χ1v) is 7.88. The molecule has 0 saturated carbocycles.